The van der Waals surface area contributed by atoms with Crippen LogP contribution in [0.5, 0.6) is 0 Å². The fourth-order valence-corrected chi connectivity index (χ4v) is 2.80. The number of thioether (sulfide) groups is 1. The molecule has 1 aliphatic rings. The maximum absolute atomic E-state index is 4.49. The van der Waals surface area contributed by atoms with Crippen LogP contribution in [0.3, 0.4) is 0 Å². The summed E-state index contributed by atoms with van der Waals surface area (Å²) < 4.78 is 0. The summed E-state index contributed by atoms with van der Waals surface area (Å²) in [7, 11) is 4.08. The summed E-state index contributed by atoms with van der Waals surface area (Å²) in [5.41, 5.74) is 0. The van der Waals surface area contributed by atoms with Gasteiger partial charge in [-0.2, -0.15) is 0 Å². The summed E-state index contributed by atoms with van der Waals surface area (Å²) in [4.78, 5) is 11.3. The van der Waals surface area contributed by atoms with Gasteiger partial charge in [-0.25, -0.2) is 9.97 Å². The van der Waals surface area contributed by atoms with Gasteiger partial charge in [0.25, 0.3) is 0 Å². The van der Waals surface area contributed by atoms with Gasteiger partial charge >= 0.3 is 0 Å². The molecule has 2 rings (SSSR count). The van der Waals surface area contributed by atoms with Crippen molar-refractivity contribution < 1.29 is 0 Å². The molecule has 0 aliphatic carbocycles. The number of nitrogens with one attached hydrogen (secondary N) is 2. The Kier molecular flexibility index (Phi) is 5.27. The molecule has 1 aromatic heterocycles. The van der Waals surface area contributed by atoms with Crippen LogP contribution in [0.15, 0.2) is 11.2 Å². The molecule has 1 aliphatic heterocycles. The van der Waals surface area contributed by atoms with E-state index < -0.39 is 0 Å². The zero-order valence-electron chi connectivity index (χ0n) is 11.9. The Labute approximate surface area is 119 Å². The molecule has 0 bridgehead atoms. The van der Waals surface area contributed by atoms with Crippen molar-refractivity contribution in [3.63, 3.8) is 0 Å². The predicted molar refractivity (Wildman–Crippen MR) is 82.1 cm³/mol. The van der Waals surface area contributed by atoms with E-state index in [1.165, 1.54) is 25.9 Å². The average molecular weight is 281 g/mol. The second-order valence-electron chi connectivity index (χ2n) is 5.03. The van der Waals surface area contributed by atoms with Crippen molar-refractivity contribution in [2.24, 2.45) is 5.92 Å². The fraction of sp³-hybridized carbons (Fsp3) is 0.692. The molecule has 2 N–H and O–H groups in total. The van der Waals surface area contributed by atoms with Crippen LogP contribution in [0.1, 0.15) is 12.8 Å². The Hall–Kier alpha value is -1.01. The second kappa shape index (κ2) is 6.96. The van der Waals surface area contributed by atoms with Crippen LogP contribution >= 0.6 is 11.8 Å². The van der Waals surface area contributed by atoms with Gasteiger partial charge in [0.2, 0.25) is 0 Å². The second-order valence-corrected chi connectivity index (χ2v) is 5.80. The number of likely N-dealkylation sites (tertiary alicyclic amines) is 1. The quantitative estimate of drug-likeness (QED) is 0.636. The molecule has 0 amide bonds. The number of hydrogen-bond donors (Lipinski definition) is 2. The van der Waals surface area contributed by atoms with Crippen molar-refractivity contribution in [1.29, 1.82) is 0 Å². The maximum Gasteiger partial charge on any atom is 0.191 e. The van der Waals surface area contributed by atoms with Crippen molar-refractivity contribution in [2.75, 3.05) is 50.6 Å². The molecule has 5 nitrogen and oxygen atoms in total. The molecule has 0 spiro atoms. The Bertz CT molecular complexity index is 390. The Morgan fingerprint density at radius 2 is 2.21 bits per heavy atom. The maximum atomic E-state index is 4.49. The number of aromatic nitrogens is 2. The van der Waals surface area contributed by atoms with Gasteiger partial charge in [-0.3, -0.25) is 0 Å². The van der Waals surface area contributed by atoms with Gasteiger partial charge in [0.1, 0.15) is 11.6 Å². The van der Waals surface area contributed by atoms with Gasteiger partial charge in [-0.1, -0.05) is 11.8 Å². The van der Waals surface area contributed by atoms with Crippen molar-refractivity contribution in [3.8, 4) is 0 Å². The van der Waals surface area contributed by atoms with Crippen molar-refractivity contribution in [3.05, 3.63) is 6.07 Å². The molecule has 6 heteroatoms. The van der Waals surface area contributed by atoms with Gasteiger partial charge in [0.05, 0.1) is 0 Å². The highest BCUT2D eigenvalue weighted by Gasteiger charge is 2.17. The Morgan fingerprint density at radius 1 is 1.42 bits per heavy atom. The minimum Gasteiger partial charge on any atom is -0.373 e. The SMILES string of the molecule is CNc1cc(NCC2CCCN(C)C2)nc(SC)n1. The van der Waals surface area contributed by atoms with E-state index in [1.54, 1.807) is 11.8 Å². The molecule has 1 saturated heterocycles. The zero-order chi connectivity index (χ0) is 13.7. The molecule has 1 unspecified atom stereocenters. The molecule has 1 fully saturated rings. The van der Waals surface area contributed by atoms with Crippen LogP contribution in [-0.2, 0) is 0 Å². The summed E-state index contributed by atoms with van der Waals surface area (Å²) >= 11 is 1.56. The van der Waals surface area contributed by atoms with Crippen LogP contribution < -0.4 is 10.6 Å². The molecule has 1 aromatic rings. The molecular weight excluding hydrogens is 258 g/mol. The zero-order valence-corrected chi connectivity index (χ0v) is 12.8. The normalized spacial score (nSPS) is 20.3. The molecule has 0 radical (unpaired) electrons. The highest BCUT2D eigenvalue weighted by atomic mass is 32.2. The van der Waals surface area contributed by atoms with Gasteiger partial charge in [0.15, 0.2) is 5.16 Å². The van der Waals surface area contributed by atoms with E-state index in [4.69, 9.17) is 0 Å². The van der Waals surface area contributed by atoms with Crippen molar-refractivity contribution in [2.45, 2.75) is 18.0 Å². The number of nitrogens with zero attached hydrogens (tertiary/aromatic N) is 3. The predicted octanol–water partition coefficient (Wildman–Crippen LogP) is 1.99. The lowest BCUT2D eigenvalue weighted by Gasteiger charge is -2.29. The molecule has 1 atom stereocenters. The summed E-state index contributed by atoms with van der Waals surface area (Å²) in [5, 5.41) is 7.33. The van der Waals surface area contributed by atoms with E-state index in [0.29, 0.717) is 5.92 Å². The number of piperidine rings is 1. The minimum absolute atomic E-state index is 0.712. The topological polar surface area (TPSA) is 53.1 Å². The standard InChI is InChI=1S/C13H23N5S/c1-14-11-7-12(17-13(16-11)19-3)15-8-10-5-4-6-18(2)9-10/h7,10H,4-6,8-9H2,1-3H3,(H2,14,15,16,17). The molecule has 19 heavy (non-hydrogen) atoms. The Balaban J connectivity index is 1.94. The average Bonchev–Trinajstić information content (AvgIpc) is 2.44. The van der Waals surface area contributed by atoms with Crippen molar-refractivity contribution >= 4 is 23.4 Å². The lowest BCUT2D eigenvalue weighted by molar-refractivity contribution is 0.217. The van der Waals surface area contributed by atoms with Crippen LogP contribution in [0.4, 0.5) is 11.6 Å². The van der Waals surface area contributed by atoms with Gasteiger partial charge < -0.3 is 15.5 Å². The van der Waals surface area contributed by atoms with Gasteiger partial charge in [-0.05, 0) is 38.6 Å². The number of anilines is 2. The third kappa shape index (κ3) is 4.24. The molecule has 2 heterocycles. The van der Waals surface area contributed by atoms with Gasteiger partial charge in [0, 0.05) is 26.2 Å². The first kappa shape index (κ1) is 14.4. The van der Waals surface area contributed by atoms with Crippen molar-refractivity contribution in [1.82, 2.24) is 14.9 Å². The van der Waals surface area contributed by atoms with Crippen LogP contribution in [-0.4, -0.2) is 54.9 Å². The molecule has 106 valence electrons. The van der Waals surface area contributed by atoms with E-state index >= 15 is 0 Å². The monoisotopic (exact) mass is 281 g/mol. The van der Waals surface area contributed by atoms with E-state index in [-0.39, 0.29) is 0 Å². The summed E-state index contributed by atoms with van der Waals surface area (Å²) in [6.07, 6.45) is 4.59. The fourth-order valence-electron chi connectivity index (χ4n) is 2.42. The highest BCUT2D eigenvalue weighted by Crippen LogP contribution is 2.19. The number of rotatable bonds is 5. The smallest absolute Gasteiger partial charge is 0.191 e. The highest BCUT2D eigenvalue weighted by molar-refractivity contribution is 7.98. The first-order chi connectivity index (χ1) is 9.21. The lowest BCUT2D eigenvalue weighted by atomic mass is 9.98. The van der Waals surface area contributed by atoms with Gasteiger partial charge in [-0.15, -0.1) is 0 Å². The molecule has 0 aromatic carbocycles. The van der Waals surface area contributed by atoms with E-state index in [1.807, 2.05) is 19.4 Å². The van der Waals surface area contributed by atoms with E-state index in [9.17, 15) is 0 Å². The Morgan fingerprint density at radius 3 is 2.89 bits per heavy atom. The van der Waals surface area contributed by atoms with Crippen LogP contribution in [0, 0.1) is 5.92 Å². The van der Waals surface area contributed by atoms with Crippen LogP contribution in [0.2, 0.25) is 0 Å². The summed E-state index contributed by atoms with van der Waals surface area (Å²) in [6.45, 7) is 3.38. The first-order valence-electron chi connectivity index (χ1n) is 6.74. The van der Waals surface area contributed by atoms with Crippen LogP contribution in [0.25, 0.3) is 0 Å². The third-order valence-corrected chi connectivity index (χ3v) is 3.99. The summed E-state index contributed by atoms with van der Waals surface area (Å²) in [6, 6.07) is 1.96. The number of hydrogen-bond acceptors (Lipinski definition) is 6. The molecule has 0 saturated carbocycles. The van der Waals surface area contributed by atoms with E-state index in [0.717, 1.165) is 23.3 Å². The largest absolute Gasteiger partial charge is 0.373 e. The minimum atomic E-state index is 0.712. The summed E-state index contributed by atoms with van der Waals surface area (Å²) in [5.74, 6) is 2.49. The lowest BCUT2D eigenvalue weighted by Crippen LogP contribution is -2.35. The third-order valence-electron chi connectivity index (χ3n) is 3.44. The molecular formula is C13H23N5S. The van der Waals surface area contributed by atoms with E-state index in [2.05, 4.69) is 32.5 Å². The first-order valence-corrected chi connectivity index (χ1v) is 7.97.